The molecular formula is C31H38BrN3O5S. The fourth-order valence-electron chi connectivity index (χ4n) is 4.35. The van der Waals surface area contributed by atoms with E-state index in [1.54, 1.807) is 55.6 Å². The third kappa shape index (κ3) is 8.56. The van der Waals surface area contributed by atoms with E-state index in [1.807, 2.05) is 32.9 Å². The summed E-state index contributed by atoms with van der Waals surface area (Å²) in [5.74, 6) is -0.0896. The second-order valence-corrected chi connectivity index (χ2v) is 12.5. The fraction of sp³-hybridized carbons (Fsp3) is 0.355. The molecular weight excluding hydrogens is 606 g/mol. The van der Waals surface area contributed by atoms with E-state index in [0.29, 0.717) is 28.9 Å². The van der Waals surface area contributed by atoms with Crippen LogP contribution in [-0.2, 0) is 26.2 Å². The van der Waals surface area contributed by atoms with Crippen LogP contribution in [0.2, 0.25) is 0 Å². The van der Waals surface area contributed by atoms with E-state index < -0.39 is 28.5 Å². The second kappa shape index (κ2) is 15.0. The van der Waals surface area contributed by atoms with Gasteiger partial charge in [0.25, 0.3) is 10.0 Å². The van der Waals surface area contributed by atoms with Crippen molar-refractivity contribution in [3.8, 4) is 5.75 Å². The molecule has 2 amide bonds. The number of unbranched alkanes of at least 4 members (excludes halogenated alkanes) is 1. The second-order valence-electron chi connectivity index (χ2n) is 9.74. The van der Waals surface area contributed by atoms with Gasteiger partial charge in [-0.05, 0) is 67.8 Å². The van der Waals surface area contributed by atoms with E-state index in [2.05, 4.69) is 21.2 Å². The number of hydrogen-bond acceptors (Lipinski definition) is 5. The number of carbonyl (C=O) groups excluding carboxylic acids is 2. The standard InChI is InChI=1S/C31H38BrN3O5S/c1-5-7-19-33-31(37)29(6-2)34(21-24-13-15-27(40-4)16-14-24)30(36)22-35(26-10-8-9-25(32)20-26)41(38,39)28-17-11-23(3)12-18-28/h8-18,20,29H,5-7,19,21-22H2,1-4H3,(H,33,37). The molecule has 0 radical (unpaired) electrons. The Bertz CT molecular complexity index is 1410. The van der Waals surface area contributed by atoms with Crippen molar-refractivity contribution in [2.45, 2.75) is 57.5 Å². The number of amides is 2. The van der Waals surface area contributed by atoms with Crippen molar-refractivity contribution < 1.29 is 22.7 Å². The monoisotopic (exact) mass is 643 g/mol. The van der Waals surface area contributed by atoms with Crippen molar-refractivity contribution in [3.63, 3.8) is 0 Å². The minimum Gasteiger partial charge on any atom is -0.497 e. The molecule has 0 saturated carbocycles. The lowest BCUT2D eigenvalue weighted by Gasteiger charge is -2.33. The largest absolute Gasteiger partial charge is 0.497 e. The summed E-state index contributed by atoms with van der Waals surface area (Å²) >= 11 is 3.42. The maximum absolute atomic E-state index is 14.1. The first-order chi connectivity index (χ1) is 19.6. The van der Waals surface area contributed by atoms with Crippen LogP contribution in [0, 0.1) is 6.92 Å². The number of hydrogen-bond donors (Lipinski definition) is 1. The Labute approximate surface area is 251 Å². The Morgan fingerprint density at radius 2 is 1.68 bits per heavy atom. The highest BCUT2D eigenvalue weighted by molar-refractivity contribution is 9.10. The van der Waals surface area contributed by atoms with Gasteiger partial charge in [-0.25, -0.2) is 8.42 Å². The molecule has 0 aliphatic carbocycles. The number of rotatable bonds is 14. The summed E-state index contributed by atoms with van der Waals surface area (Å²) in [7, 11) is -2.55. The van der Waals surface area contributed by atoms with E-state index >= 15 is 0 Å². The third-order valence-corrected chi connectivity index (χ3v) is 8.99. The molecule has 3 rings (SSSR count). The number of aryl methyl sites for hydroxylation is 1. The van der Waals surface area contributed by atoms with Gasteiger partial charge in [-0.15, -0.1) is 0 Å². The Hall–Kier alpha value is -3.37. The summed E-state index contributed by atoms with van der Waals surface area (Å²) < 4.78 is 34.9. The molecule has 10 heteroatoms. The average molecular weight is 645 g/mol. The molecule has 0 heterocycles. The molecule has 41 heavy (non-hydrogen) atoms. The highest BCUT2D eigenvalue weighted by Gasteiger charge is 2.33. The zero-order chi connectivity index (χ0) is 30.0. The molecule has 1 unspecified atom stereocenters. The molecule has 1 N–H and O–H groups in total. The van der Waals surface area contributed by atoms with E-state index in [-0.39, 0.29) is 17.3 Å². The van der Waals surface area contributed by atoms with Crippen LogP contribution in [0.3, 0.4) is 0 Å². The van der Waals surface area contributed by atoms with Crippen LogP contribution in [0.15, 0.2) is 82.2 Å². The molecule has 220 valence electrons. The highest BCUT2D eigenvalue weighted by atomic mass is 79.9. The predicted octanol–water partition coefficient (Wildman–Crippen LogP) is 5.69. The van der Waals surface area contributed by atoms with Gasteiger partial charge in [-0.3, -0.25) is 13.9 Å². The van der Waals surface area contributed by atoms with E-state index in [1.165, 1.54) is 17.0 Å². The lowest BCUT2D eigenvalue weighted by molar-refractivity contribution is -0.140. The predicted molar refractivity (Wildman–Crippen MR) is 165 cm³/mol. The van der Waals surface area contributed by atoms with Crippen LogP contribution >= 0.6 is 15.9 Å². The fourth-order valence-corrected chi connectivity index (χ4v) is 6.14. The molecule has 0 aromatic heterocycles. The third-order valence-electron chi connectivity index (χ3n) is 6.71. The van der Waals surface area contributed by atoms with Gasteiger partial charge in [0.1, 0.15) is 18.3 Å². The summed E-state index contributed by atoms with van der Waals surface area (Å²) in [4.78, 5) is 28.9. The molecule has 8 nitrogen and oxygen atoms in total. The Morgan fingerprint density at radius 3 is 2.27 bits per heavy atom. The van der Waals surface area contributed by atoms with E-state index in [0.717, 1.165) is 28.3 Å². The van der Waals surface area contributed by atoms with Crippen LogP contribution in [0.4, 0.5) is 5.69 Å². The smallest absolute Gasteiger partial charge is 0.264 e. The molecule has 0 fully saturated rings. The Morgan fingerprint density at radius 1 is 1.00 bits per heavy atom. The number of nitrogens with zero attached hydrogens (tertiary/aromatic N) is 2. The number of carbonyl (C=O) groups is 2. The van der Waals surface area contributed by atoms with Gasteiger partial charge >= 0.3 is 0 Å². The molecule has 0 aliphatic heterocycles. The zero-order valence-electron chi connectivity index (χ0n) is 24.0. The molecule has 3 aromatic rings. The molecule has 0 aliphatic rings. The van der Waals surface area contributed by atoms with Crippen molar-refractivity contribution in [1.82, 2.24) is 10.2 Å². The topological polar surface area (TPSA) is 96.0 Å². The van der Waals surface area contributed by atoms with E-state index in [9.17, 15) is 18.0 Å². The number of anilines is 1. The zero-order valence-corrected chi connectivity index (χ0v) is 26.4. The van der Waals surface area contributed by atoms with Gasteiger partial charge in [0.05, 0.1) is 17.7 Å². The van der Waals surface area contributed by atoms with Crippen LogP contribution in [0.25, 0.3) is 0 Å². The molecule has 0 spiro atoms. The number of halogens is 1. The summed E-state index contributed by atoms with van der Waals surface area (Å²) in [6.07, 6.45) is 2.10. The van der Waals surface area contributed by atoms with Crippen molar-refractivity contribution in [1.29, 1.82) is 0 Å². The van der Waals surface area contributed by atoms with Crippen molar-refractivity contribution in [2.75, 3.05) is 24.5 Å². The van der Waals surface area contributed by atoms with Gasteiger partial charge in [-0.1, -0.05) is 72.1 Å². The summed E-state index contributed by atoms with van der Waals surface area (Å²) in [6, 6.07) is 19.8. The summed E-state index contributed by atoms with van der Waals surface area (Å²) in [6.45, 7) is 5.89. The first kappa shape index (κ1) is 32.1. The average Bonchev–Trinajstić information content (AvgIpc) is 2.96. The maximum atomic E-state index is 14.1. The summed E-state index contributed by atoms with van der Waals surface area (Å²) in [5.41, 5.74) is 2.03. The lowest BCUT2D eigenvalue weighted by Crippen LogP contribution is -2.52. The molecule has 1 atom stereocenters. The summed E-state index contributed by atoms with van der Waals surface area (Å²) in [5, 5.41) is 2.94. The first-order valence-electron chi connectivity index (χ1n) is 13.7. The lowest BCUT2D eigenvalue weighted by atomic mass is 10.1. The number of methoxy groups -OCH3 is 1. The molecule has 3 aromatic carbocycles. The number of nitrogens with one attached hydrogen (secondary N) is 1. The molecule has 0 saturated heterocycles. The number of ether oxygens (including phenoxy) is 1. The highest BCUT2D eigenvalue weighted by Crippen LogP contribution is 2.27. The van der Waals surface area contributed by atoms with Gasteiger partial charge in [0.2, 0.25) is 11.8 Å². The van der Waals surface area contributed by atoms with Crippen LogP contribution in [0.5, 0.6) is 5.75 Å². The molecule has 0 bridgehead atoms. The van der Waals surface area contributed by atoms with Gasteiger partial charge < -0.3 is 15.0 Å². The van der Waals surface area contributed by atoms with Crippen molar-refractivity contribution in [3.05, 3.63) is 88.4 Å². The van der Waals surface area contributed by atoms with Crippen LogP contribution in [-0.4, -0.2) is 51.4 Å². The Kier molecular flexibility index (Phi) is 11.8. The van der Waals surface area contributed by atoms with Gasteiger partial charge in [-0.2, -0.15) is 0 Å². The number of sulfonamides is 1. The van der Waals surface area contributed by atoms with Crippen molar-refractivity contribution >= 4 is 43.5 Å². The SMILES string of the molecule is CCCCNC(=O)C(CC)N(Cc1ccc(OC)cc1)C(=O)CN(c1cccc(Br)c1)S(=O)(=O)c1ccc(C)cc1. The minimum absolute atomic E-state index is 0.0712. The normalized spacial score (nSPS) is 11.9. The van der Waals surface area contributed by atoms with Gasteiger partial charge in [0, 0.05) is 17.6 Å². The minimum atomic E-state index is -4.12. The van der Waals surface area contributed by atoms with E-state index in [4.69, 9.17) is 4.74 Å². The van der Waals surface area contributed by atoms with Crippen LogP contribution < -0.4 is 14.4 Å². The quantitative estimate of drug-likeness (QED) is 0.228. The first-order valence-corrected chi connectivity index (χ1v) is 15.9. The maximum Gasteiger partial charge on any atom is 0.264 e. The Balaban J connectivity index is 2.03. The number of benzene rings is 3. The van der Waals surface area contributed by atoms with Crippen molar-refractivity contribution in [2.24, 2.45) is 0 Å². The van der Waals surface area contributed by atoms with Crippen LogP contribution in [0.1, 0.15) is 44.2 Å². The van der Waals surface area contributed by atoms with Gasteiger partial charge in [0.15, 0.2) is 0 Å².